The molecule has 104 valence electrons. The summed E-state index contributed by atoms with van der Waals surface area (Å²) in [5.41, 5.74) is 2.85. The van der Waals surface area contributed by atoms with E-state index in [1.807, 2.05) is 12.1 Å². The van der Waals surface area contributed by atoms with Crippen molar-refractivity contribution in [2.24, 2.45) is 0 Å². The summed E-state index contributed by atoms with van der Waals surface area (Å²) in [4.78, 5) is 12.0. The van der Waals surface area contributed by atoms with E-state index in [1.165, 1.54) is 5.56 Å². The molecule has 0 saturated carbocycles. The molecular formula is C16H15Cl2NO. The zero-order valence-corrected chi connectivity index (χ0v) is 12.6. The van der Waals surface area contributed by atoms with E-state index in [0.29, 0.717) is 22.2 Å². The molecule has 0 fully saturated rings. The van der Waals surface area contributed by atoms with Crippen LogP contribution in [0.4, 0.5) is 0 Å². The summed E-state index contributed by atoms with van der Waals surface area (Å²) in [7, 11) is 0. The lowest BCUT2D eigenvalue weighted by Crippen LogP contribution is -2.22. The molecule has 2 rings (SSSR count). The molecule has 1 N–H and O–H groups in total. The summed E-state index contributed by atoms with van der Waals surface area (Å²) in [5, 5.41) is 3.68. The molecule has 0 aromatic heterocycles. The zero-order valence-electron chi connectivity index (χ0n) is 11.1. The van der Waals surface area contributed by atoms with Gasteiger partial charge in [0.2, 0.25) is 0 Å². The van der Waals surface area contributed by atoms with Gasteiger partial charge in [0.1, 0.15) is 0 Å². The highest BCUT2D eigenvalue weighted by molar-refractivity contribution is 6.42. The van der Waals surface area contributed by atoms with E-state index in [9.17, 15) is 4.79 Å². The van der Waals surface area contributed by atoms with Gasteiger partial charge in [-0.25, -0.2) is 0 Å². The third-order valence-electron chi connectivity index (χ3n) is 3.07. The molecule has 0 aliphatic heterocycles. The average Bonchev–Trinajstić information content (AvgIpc) is 2.48. The predicted molar refractivity (Wildman–Crippen MR) is 83.5 cm³/mol. The summed E-state index contributed by atoms with van der Waals surface area (Å²) in [6.45, 7) is 2.60. The molecule has 0 saturated heterocycles. The van der Waals surface area contributed by atoms with Crippen LogP contribution in [-0.2, 0) is 13.0 Å². The minimum Gasteiger partial charge on any atom is -0.348 e. The van der Waals surface area contributed by atoms with Gasteiger partial charge in [0.05, 0.1) is 10.0 Å². The second-order valence-electron chi connectivity index (χ2n) is 4.48. The molecule has 0 aliphatic carbocycles. The van der Waals surface area contributed by atoms with Crippen molar-refractivity contribution in [3.63, 3.8) is 0 Å². The van der Waals surface area contributed by atoms with E-state index >= 15 is 0 Å². The van der Waals surface area contributed by atoms with E-state index in [2.05, 4.69) is 24.4 Å². The van der Waals surface area contributed by atoms with Gasteiger partial charge in [-0.05, 0) is 35.7 Å². The monoisotopic (exact) mass is 307 g/mol. The molecule has 2 aromatic rings. The van der Waals surface area contributed by atoms with Crippen LogP contribution >= 0.6 is 23.2 Å². The van der Waals surface area contributed by atoms with E-state index < -0.39 is 0 Å². The summed E-state index contributed by atoms with van der Waals surface area (Å²) < 4.78 is 0. The first-order valence-electron chi connectivity index (χ1n) is 6.41. The number of halogens is 2. The highest BCUT2D eigenvalue weighted by Gasteiger charge is 2.07. The first-order valence-corrected chi connectivity index (χ1v) is 7.17. The fourth-order valence-electron chi connectivity index (χ4n) is 1.81. The van der Waals surface area contributed by atoms with Crippen molar-refractivity contribution in [1.82, 2.24) is 5.32 Å². The maximum atomic E-state index is 12.0. The largest absolute Gasteiger partial charge is 0.348 e. The number of carbonyl (C=O) groups excluding carboxylic acids is 1. The minimum atomic E-state index is -0.164. The Morgan fingerprint density at radius 3 is 2.25 bits per heavy atom. The average molecular weight is 308 g/mol. The fraction of sp³-hybridized carbons (Fsp3) is 0.188. The lowest BCUT2D eigenvalue weighted by atomic mass is 10.1. The van der Waals surface area contributed by atoms with Gasteiger partial charge in [0, 0.05) is 12.1 Å². The Morgan fingerprint density at radius 1 is 1.00 bits per heavy atom. The van der Waals surface area contributed by atoms with Crippen molar-refractivity contribution in [3.05, 3.63) is 69.2 Å². The van der Waals surface area contributed by atoms with Gasteiger partial charge in [-0.3, -0.25) is 4.79 Å². The highest BCUT2D eigenvalue weighted by Crippen LogP contribution is 2.22. The lowest BCUT2D eigenvalue weighted by molar-refractivity contribution is 0.0951. The predicted octanol–water partition coefficient (Wildman–Crippen LogP) is 4.49. The van der Waals surface area contributed by atoms with Gasteiger partial charge in [-0.2, -0.15) is 0 Å². The summed E-state index contributed by atoms with van der Waals surface area (Å²) >= 11 is 11.7. The van der Waals surface area contributed by atoms with Crippen molar-refractivity contribution in [1.29, 1.82) is 0 Å². The molecule has 0 spiro atoms. The topological polar surface area (TPSA) is 29.1 Å². The summed E-state index contributed by atoms with van der Waals surface area (Å²) in [6.07, 6.45) is 1.01. The van der Waals surface area contributed by atoms with Gasteiger partial charge in [0.15, 0.2) is 0 Å². The number of hydrogen-bond acceptors (Lipinski definition) is 1. The van der Waals surface area contributed by atoms with Crippen LogP contribution in [0.2, 0.25) is 10.0 Å². The molecule has 0 radical (unpaired) electrons. The quantitative estimate of drug-likeness (QED) is 0.886. The third kappa shape index (κ3) is 3.75. The summed E-state index contributed by atoms with van der Waals surface area (Å²) in [6, 6.07) is 13.0. The Morgan fingerprint density at radius 2 is 1.65 bits per heavy atom. The van der Waals surface area contributed by atoms with E-state index in [-0.39, 0.29) is 5.91 Å². The minimum absolute atomic E-state index is 0.164. The Kier molecular flexibility index (Phi) is 5.05. The van der Waals surface area contributed by atoms with Crippen molar-refractivity contribution >= 4 is 29.1 Å². The zero-order chi connectivity index (χ0) is 14.5. The molecule has 2 aromatic carbocycles. The van der Waals surface area contributed by atoms with E-state index in [1.54, 1.807) is 18.2 Å². The number of carbonyl (C=O) groups is 1. The van der Waals surface area contributed by atoms with Gasteiger partial charge in [0.25, 0.3) is 5.91 Å². The Bertz CT molecular complexity index is 608. The van der Waals surface area contributed by atoms with Crippen LogP contribution < -0.4 is 5.32 Å². The summed E-state index contributed by atoms with van der Waals surface area (Å²) in [5.74, 6) is -0.164. The van der Waals surface area contributed by atoms with Gasteiger partial charge in [-0.15, -0.1) is 0 Å². The number of nitrogens with one attached hydrogen (secondary N) is 1. The number of aryl methyl sites for hydroxylation is 1. The standard InChI is InChI=1S/C16H15Cl2NO/c1-2-11-3-5-12(6-4-11)10-19-16(20)13-7-8-14(17)15(18)9-13/h3-9H,2,10H2,1H3,(H,19,20). The van der Waals surface area contributed by atoms with Crippen molar-refractivity contribution in [2.75, 3.05) is 0 Å². The molecule has 2 nitrogen and oxygen atoms in total. The molecule has 0 bridgehead atoms. The van der Waals surface area contributed by atoms with Crippen LogP contribution in [0.1, 0.15) is 28.4 Å². The maximum Gasteiger partial charge on any atom is 0.251 e. The first-order chi connectivity index (χ1) is 9.60. The second kappa shape index (κ2) is 6.78. The fourth-order valence-corrected chi connectivity index (χ4v) is 2.11. The Labute approximate surface area is 128 Å². The van der Waals surface area contributed by atoms with Crippen LogP contribution in [-0.4, -0.2) is 5.91 Å². The molecule has 0 unspecified atom stereocenters. The third-order valence-corrected chi connectivity index (χ3v) is 3.81. The maximum absolute atomic E-state index is 12.0. The molecule has 0 heterocycles. The number of amides is 1. The molecule has 0 aliphatic rings. The SMILES string of the molecule is CCc1ccc(CNC(=O)c2ccc(Cl)c(Cl)c2)cc1. The van der Waals surface area contributed by atoms with Crippen molar-refractivity contribution in [3.8, 4) is 0 Å². The lowest BCUT2D eigenvalue weighted by Gasteiger charge is -2.07. The molecular weight excluding hydrogens is 293 g/mol. The highest BCUT2D eigenvalue weighted by atomic mass is 35.5. The molecule has 4 heteroatoms. The first kappa shape index (κ1) is 14.9. The smallest absolute Gasteiger partial charge is 0.251 e. The van der Waals surface area contributed by atoms with Crippen LogP contribution in [0, 0.1) is 0 Å². The Hall–Kier alpha value is -1.51. The van der Waals surface area contributed by atoms with Crippen molar-refractivity contribution < 1.29 is 4.79 Å². The molecule has 0 atom stereocenters. The molecule has 1 amide bonds. The Balaban J connectivity index is 1.98. The van der Waals surface area contributed by atoms with Crippen LogP contribution in [0.3, 0.4) is 0 Å². The van der Waals surface area contributed by atoms with E-state index in [4.69, 9.17) is 23.2 Å². The van der Waals surface area contributed by atoms with Gasteiger partial charge in [-0.1, -0.05) is 54.4 Å². The van der Waals surface area contributed by atoms with Crippen LogP contribution in [0.5, 0.6) is 0 Å². The second-order valence-corrected chi connectivity index (χ2v) is 5.30. The molecule has 20 heavy (non-hydrogen) atoms. The van der Waals surface area contributed by atoms with E-state index in [0.717, 1.165) is 12.0 Å². The van der Waals surface area contributed by atoms with Gasteiger partial charge >= 0.3 is 0 Å². The van der Waals surface area contributed by atoms with Crippen LogP contribution in [0.25, 0.3) is 0 Å². The number of hydrogen-bond donors (Lipinski definition) is 1. The van der Waals surface area contributed by atoms with Crippen LogP contribution in [0.15, 0.2) is 42.5 Å². The van der Waals surface area contributed by atoms with Crippen molar-refractivity contribution in [2.45, 2.75) is 19.9 Å². The van der Waals surface area contributed by atoms with Gasteiger partial charge < -0.3 is 5.32 Å². The number of benzene rings is 2. The normalized spacial score (nSPS) is 10.3. The number of rotatable bonds is 4.